The molecule has 0 saturated heterocycles. The van der Waals surface area contributed by atoms with Gasteiger partial charge >= 0.3 is 0 Å². The number of pyridine rings is 1. The van der Waals surface area contributed by atoms with E-state index in [2.05, 4.69) is 16.0 Å². The minimum absolute atomic E-state index is 0.00328. The molecule has 5 rings (SSSR count). The number of aryl methyl sites for hydroxylation is 1. The lowest BCUT2D eigenvalue weighted by Crippen LogP contribution is -2.03. The number of nitrogens with zero attached hydrogens (tertiary/aromatic N) is 3. The number of nitriles is 1. The summed E-state index contributed by atoms with van der Waals surface area (Å²) >= 11 is 5.86. The summed E-state index contributed by atoms with van der Waals surface area (Å²) in [7, 11) is 0. The Morgan fingerprint density at radius 3 is 2.70 bits per heavy atom. The van der Waals surface area contributed by atoms with E-state index in [1.807, 2.05) is 42.5 Å². The highest BCUT2D eigenvalue weighted by Gasteiger charge is 2.27. The molecule has 0 unspecified atom stereocenters. The van der Waals surface area contributed by atoms with Crippen LogP contribution in [0.5, 0.6) is 0 Å². The fourth-order valence-corrected chi connectivity index (χ4v) is 3.95. The maximum Gasteiger partial charge on any atom is 0.226 e. The van der Waals surface area contributed by atoms with Crippen molar-refractivity contribution in [2.45, 2.75) is 31.6 Å². The second kappa shape index (κ2) is 9.01. The van der Waals surface area contributed by atoms with Crippen molar-refractivity contribution in [2.75, 3.05) is 0 Å². The molecular weight excluding hydrogens is 434 g/mol. The first-order valence-corrected chi connectivity index (χ1v) is 11.2. The number of hydrogen-bond acceptors (Lipinski definition) is 5. The molecule has 0 atom stereocenters. The van der Waals surface area contributed by atoms with Gasteiger partial charge in [-0.2, -0.15) is 5.26 Å². The monoisotopic (exact) mass is 453 g/mol. The van der Waals surface area contributed by atoms with E-state index in [9.17, 15) is 10.1 Å². The third-order valence-corrected chi connectivity index (χ3v) is 6.03. The number of ketones is 1. The molecular formula is C27H20ClN3O2. The average molecular weight is 454 g/mol. The molecule has 0 amide bonds. The summed E-state index contributed by atoms with van der Waals surface area (Å²) in [4.78, 5) is 21.9. The summed E-state index contributed by atoms with van der Waals surface area (Å²) in [6, 6.07) is 18.8. The van der Waals surface area contributed by atoms with E-state index in [4.69, 9.17) is 16.0 Å². The van der Waals surface area contributed by atoms with Gasteiger partial charge in [0, 0.05) is 29.7 Å². The van der Waals surface area contributed by atoms with Crippen LogP contribution in [-0.2, 0) is 6.42 Å². The first-order chi connectivity index (χ1) is 16.1. The number of halogens is 1. The molecule has 2 aromatic heterocycles. The second-order valence-electron chi connectivity index (χ2n) is 8.22. The summed E-state index contributed by atoms with van der Waals surface area (Å²) in [5.74, 6) is 0.958. The largest absolute Gasteiger partial charge is 0.444 e. The normalized spacial score (nSPS) is 13.0. The van der Waals surface area contributed by atoms with Gasteiger partial charge in [0.05, 0.1) is 17.3 Å². The summed E-state index contributed by atoms with van der Waals surface area (Å²) in [5, 5.41) is 10.0. The molecule has 4 aromatic rings. The van der Waals surface area contributed by atoms with Crippen molar-refractivity contribution < 1.29 is 9.21 Å². The first kappa shape index (κ1) is 21.1. The Labute approximate surface area is 196 Å². The number of benzene rings is 2. The zero-order chi connectivity index (χ0) is 22.8. The molecule has 0 N–H and O–H groups in total. The maximum atomic E-state index is 13.2. The quantitative estimate of drug-likeness (QED) is 0.232. The highest BCUT2D eigenvalue weighted by atomic mass is 35.5. The fraction of sp³-hybridized carbons (Fsp3) is 0.185. The smallest absolute Gasteiger partial charge is 0.226 e. The van der Waals surface area contributed by atoms with Crippen molar-refractivity contribution >= 4 is 17.4 Å². The van der Waals surface area contributed by atoms with Crippen molar-refractivity contribution in [3.63, 3.8) is 0 Å². The SMILES string of the molecule is N#Cc1ccccc1-c1cc(C(=O)CCc2ccc(Cl)nc2)cc(-c2nc(C3CC3)co2)c1. The summed E-state index contributed by atoms with van der Waals surface area (Å²) < 4.78 is 5.77. The third kappa shape index (κ3) is 4.72. The van der Waals surface area contributed by atoms with Crippen molar-refractivity contribution in [3.8, 4) is 28.7 Å². The first-order valence-electron chi connectivity index (χ1n) is 10.8. The van der Waals surface area contributed by atoms with Crippen LogP contribution < -0.4 is 0 Å². The Bertz CT molecular complexity index is 1360. The molecule has 33 heavy (non-hydrogen) atoms. The van der Waals surface area contributed by atoms with Gasteiger partial charge in [0.2, 0.25) is 5.89 Å². The molecule has 0 radical (unpaired) electrons. The molecule has 1 aliphatic rings. The molecule has 0 spiro atoms. The number of rotatable bonds is 7. The van der Waals surface area contributed by atoms with E-state index < -0.39 is 0 Å². The number of carbonyl (C=O) groups excluding carboxylic acids is 1. The van der Waals surface area contributed by atoms with Crippen LogP contribution in [0.4, 0.5) is 0 Å². The minimum Gasteiger partial charge on any atom is -0.444 e. The number of aromatic nitrogens is 2. The number of hydrogen-bond donors (Lipinski definition) is 0. The zero-order valence-corrected chi connectivity index (χ0v) is 18.5. The topological polar surface area (TPSA) is 79.8 Å². The second-order valence-corrected chi connectivity index (χ2v) is 8.61. The lowest BCUT2D eigenvalue weighted by Gasteiger charge is -2.10. The van der Waals surface area contributed by atoms with Gasteiger partial charge in [0.15, 0.2) is 5.78 Å². The van der Waals surface area contributed by atoms with Crippen LogP contribution in [0.25, 0.3) is 22.6 Å². The molecule has 0 bridgehead atoms. The molecule has 2 aromatic carbocycles. The Kier molecular flexibility index (Phi) is 5.77. The van der Waals surface area contributed by atoms with Gasteiger partial charge in [-0.1, -0.05) is 35.9 Å². The minimum atomic E-state index is -0.00328. The zero-order valence-electron chi connectivity index (χ0n) is 17.8. The Morgan fingerprint density at radius 2 is 1.94 bits per heavy atom. The summed E-state index contributed by atoms with van der Waals surface area (Å²) in [6.45, 7) is 0. The number of Topliss-reactive ketones (excluding diaryl/α,β-unsaturated/α-hetero) is 1. The molecule has 6 heteroatoms. The molecule has 1 fully saturated rings. The number of oxazole rings is 1. The lowest BCUT2D eigenvalue weighted by atomic mass is 9.94. The predicted octanol–water partition coefficient (Wildman–Crippen LogP) is 6.62. The van der Waals surface area contributed by atoms with E-state index in [0.29, 0.717) is 40.9 Å². The summed E-state index contributed by atoms with van der Waals surface area (Å²) in [6.07, 6.45) is 6.54. The van der Waals surface area contributed by atoms with Crippen LogP contribution in [0.15, 0.2) is 71.5 Å². The van der Waals surface area contributed by atoms with Crippen LogP contribution in [0.1, 0.15) is 52.4 Å². The van der Waals surface area contributed by atoms with Crippen LogP contribution in [0.2, 0.25) is 5.15 Å². The van der Waals surface area contributed by atoms with Gasteiger partial charge in [-0.3, -0.25) is 4.79 Å². The van der Waals surface area contributed by atoms with Crippen molar-refractivity contribution in [3.05, 3.63) is 94.6 Å². The highest BCUT2D eigenvalue weighted by molar-refractivity contribution is 6.29. The molecule has 2 heterocycles. The van der Waals surface area contributed by atoms with E-state index in [-0.39, 0.29) is 5.78 Å². The summed E-state index contributed by atoms with van der Waals surface area (Å²) in [5.41, 5.74) is 5.29. The third-order valence-electron chi connectivity index (χ3n) is 5.81. The van der Waals surface area contributed by atoms with Gasteiger partial charge in [0.25, 0.3) is 0 Å². The van der Waals surface area contributed by atoms with Crippen LogP contribution in [0.3, 0.4) is 0 Å². The van der Waals surface area contributed by atoms with Crippen LogP contribution in [-0.4, -0.2) is 15.8 Å². The van der Waals surface area contributed by atoms with E-state index in [0.717, 1.165) is 40.8 Å². The van der Waals surface area contributed by atoms with Gasteiger partial charge in [-0.05, 0) is 66.3 Å². The van der Waals surface area contributed by atoms with Crippen LogP contribution in [0, 0.1) is 11.3 Å². The fourth-order valence-electron chi connectivity index (χ4n) is 3.84. The maximum absolute atomic E-state index is 13.2. The van der Waals surface area contributed by atoms with Crippen LogP contribution >= 0.6 is 11.6 Å². The number of carbonyl (C=O) groups is 1. The molecule has 1 saturated carbocycles. The Balaban J connectivity index is 1.50. The molecule has 0 aliphatic heterocycles. The van der Waals surface area contributed by atoms with Gasteiger partial charge in [-0.25, -0.2) is 9.97 Å². The van der Waals surface area contributed by atoms with Gasteiger partial charge in [0.1, 0.15) is 11.4 Å². The van der Waals surface area contributed by atoms with E-state index in [1.54, 1.807) is 24.6 Å². The molecule has 1 aliphatic carbocycles. The lowest BCUT2D eigenvalue weighted by molar-refractivity contribution is 0.0983. The highest BCUT2D eigenvalue weighted by Crippen LogP contribution is 2.40. The van der Waals surface area contributed by atoms with Crippen molar-refractivity contribution in [1.29, 1.82) is 5.26 Å². The molecule has 5 nitrogen and oxygen atoms in total. The van der Waals surface area contributed by atoms with Crippen molar-refractivity contribution in [1.82, 2.24) is 9.97 Å². The average Bonchev–Trinajstić information content (AvgIpc) is 3.59. The molecule has 162 valence electrons. The van der Waals surface area contributed by atoms with E-state index in [1.165, 1.54) is 0 Å². The predicted molar refractivity (Wildman–Crippen MR) is 126 cm³/mol. The van der Waals surface area contributed by atoms with Crippen molar-refractivity contribution in [2.24, 2.45) is 0 Å². The van der Waals surface area contributed by atoms with E-state index >= 15 is 0 Å². The van der Waals surface area contributed by atoms with Gasteiger partial charge in [-0.15, -0.1) is 0 Å². The Morgan fingerprint density at radius 1 is 1.12 bits per heavy atom. The Hall–Kier alpha value is -3.75. The van der Waals surface area contributed by atoms with Gasteiger partial charge < -0.3 is 4.42 Å². The standard InChI is InChI=1S/C27H20ClN3O2/c28-26-10-6-17(15-30-26)5-9-25(32)21-11-20(23-4-2-1-3-19(23)14-29)12-22(13-21)27-31-24(16-33-27)18-7-8-18/h1-4,6,10-13,15-16,18H,5,7-9H2.